The highest BCUT2D eigenvalue weighted by molar-refractivity contribution is 14.0. The average molecular weight is 502 g/mol. The van der Waals surface area contributed by atoms with Gasteiger partial charge in [-0.05, 0) is 32.6 Å². The first-order chi connectivity index (χ1) is 13.3. The molecular weight excluding hydrogens is 467 g/mol. The molecule has 3 rings (SSSR count). The minimum atomic E-state index is 0. The molecule has 1 aromatic rings. The predicted molar refractivity (Wildman–Crippen MR) is 123 cm³/mol. The second kappa shape index (κ2) is 12.3. The second-order valence-corrected chi connectivity index (χ2v) is 7.66. The van der Waals surface area contributed by atoms with Gasteiger partial charge in [0.2, 0.25) is 5.91 Å². The first-order valence-corrected chi connectivity index (χ1v) is 10.6. The molecule has 2 fully saturated rings. The molecule has 2 heterocycles. The van der Waals surface area contributed by atoms with Gasteiger partial charge < -0.3 is 20.1 Å². The summed E-state index contributed by atoms with van der Waals surface area (Å²) in [4.78, 5) is 23.5. The Labute approximate surface area is 185 Å². The van der Waals surface area contributed by atoms with Crippen molar-refractivity contribution in [3.05, 3.63) is 18.7 Å². The molecule has 1 aliphatic carbocycles. The van der Waals surface area contributed by atoms with E-state index in [0.29, 0.717) is 11.9 Å². The molecular formula is C20H35IN6O. The minimum Gasteiger partial charge on any atom is -0.357 e. The Morgan fingerprint density at radius 1 is 1.25 bits per heavy atom. The molecule has 7 nitrogen and oxygen atoms in total. The fourth-order valence-corrected chi connectivity index (χ4v) is 4.06. The van der Waals surface area contributed by atoms with Crippen molar-refractivity contribution in [2.45, 2.75) is 64.5 Å². The van der Waals surface area contributed by atoms with Crippen molar-refractivity contribution in [1.29, 1.82) is 0 Å². The third-order valence-electron chi connectivity index (χ3n) is 5.54. The van der Waals surface area contributed by atoms with E-state index in [0.717, 1.165) is 64.4 Å². The van der Waals surface area contributed by atoms with Gasteiger partial charge in [-0.3, -0.25) is 9.79 Å². The number of nitrogens with zero attached hydrogens (tertiary/aromatic N) is 4. The zero-order valence-corrected chi connectivity index (χ0v) is 19.3. The van der Waals surface area contributed by atoms with Crippen LogP contribution in [0.15, 0.2) is 23.7 Å². The van der Waals surface area contributed by atoms with Crippen LogP contribution in [0.2, 0.25) is 0 Å². The van der Waals surface area contributed by atoms with Crippen LogP contribution in [0.3, 0.4) is 0 Å². The molecule has 1 aliphatic heterocycles. The van der Waals surface area contributed by atoms with Crippen molar-refractivity contribution in [2.75, 3.05) is 26.2 Å². The summed E-state index contributed by atoms with van der Waals surface area (Å²) in [7, 11) is 0. The highest BCUT2D eigenvalue weighted by Gasteiger charge is 2.31. The summed E-state index contributed by atoms with van der Waals surface area (Å²) in [6, 6.07) is 0.295. The van der Waals surface area contributed by atoms with Crippen LogP contribution in [-0.4, -0.2) is 58.5 Å². The molecule has 1 amide bonds. The quantitative estimate of drug-likeness (QED) is 0.260. The SMILES string of the molecule is CCNC(=NCCCn1ccnc1)NC1CCN(C(=O)C2CCCCC2)C1.I. The van der Waals surface area contributed by atoms with Gasteiger partial charge in [-0.2, -0.15) is 0 Å². The molecule has 0 radical (unpaired) electrons. The summed E-state index contributed by atoms with van der Waals surface area (Å²) in [5.41, 5.74) is 0. The third kappa shape index (κ3) is 6.93. The Morgan fingerprint density at radius 2 is 2.07 bits per heavy atom. The normalized spacial score (nSPS) is 20.7. The van der Waals surface area contributed by atoms with Gasteiger partial charge in [-0.15, -0.1) is 24.0 Å². The lowest BCUT2D eigenvalue weighted by Gasteiger charge is -2.26. The predicted octanol–water partition coefficient (Wildman–Crippen LogP) is 2.63. The maximum atomic E-state index is 12.7. The third-order valence-corrected chi connectivity index (χ3v) is 5.54. The summed E-state index contributed by atoms with van der Waals surface area (Å²) >= 11 is 0. The molecule has 158 valence electrons. The van der Waals surface area contributed by atoms with Gasteiger partial charge in [0.15, 0.2) is 5.96 Å². The molecule has 2 aliphatic rings. The fourth-order valence-electron chi connectivity index (χ4n) is 4.06. The smallest absolute Gasteiger partial charge is 0.225 e. The number of likely N-dealkylation sites (tertiary alicyclic amines) is 1. The lowest BCUT2D eigenvalue weighted by Crippen LogP contribution is -2.45. The fraction of sp³-hybridized carbons (Fsp3) is 0.750. The molecule has 28 heavy (non-hydrogen) atoms. The number of carbonyl (C=O) groups excluding carboxylic acids is 1. The van der Waals surface area contributed by atoms with E-state index < -0.39 is 0 Å². The molecule has 1 atom stereocenters. The summed E-state index contributed by atoms with van der Waals surface area (Å²) in [6.07, 6.45) is 13.5. The minimum absolute atomic E-state index is 0. The van der Waals surface area contributed by atoms with E-state index in [1.165, 1.54) is 19.3 Å². The van der Waals surface area contributed by atoms with Crippen molar-refractivity contribution in [2.24, 2.45) is 10.9 Å². The van der Waals surface area contributed by atoms with Crippen LogP contribution in [-0.2, 0) is 11.3 Å². The van der Waals surface area contributed by atoms with E-state index in [1.54, 1.807) is 6.20 Å². The number of halogens is 1. The lowest BCUT2D eigenvalue weighted by atomic mass is 9.88. The molecule has 8 heteroatoms. The Hall–Kier alpha value is -1.32. The van der Waals surface area contributed by atoms with Crippen LogP contribution < -0.4 is 10.6 Å². The van der Waals surface area contributed by atoms with Crippen molar-refractivity contribution in [1.82, 2.24) is 25.1 Å². The van der Waals surface area contributed by atoms with Crippen molar-refractivity contribution in [3.8, 4) is 0 Å². The van der Waals surface area contributed by atoms with Gasteiger partial charge in [0, 0.05) is 57.1 Å². The van der Waals surface area contributed by atoms with Crippen LogP contribution in [0.4, 0.5) is 0 Å². The van der Waals surface area contributed by atoms with Gasteiger partial charge in [-0.1, -0.05) is 19.3 Å². The van der Waals surface area contributed by atoms with E-state index in [2.05, 4.69) is 32.0 Å². The molecule has 1 unspecified atom stereocenters. The summed E-state index contributed by atoms with van der Waals surface area (Å²) in [6.45, 7) is 6.28. The van der Waals surface area contributed by atoms with E-state index >= 15 is 0 Å². The molecule has 0 aromatic carbocycles. The Kier molecular flexibility index (Phi) is 10.1. The van der Waals surface area contributed by atoms with Crippen LogP contribution in [0.5, 0.6) is 0 Å². The van der Waals surface area contributed by atoms with E-state index in [4.69, 9.17) is 4.99 Å². The summed E-state index contributed by atoms with van der Waals surface area (Å²) < 4.78 is 2.07. The topological polar surface area (TPSA) is 74.6 Å². The molecule has 0 spiro atoms. The Bertz CT molecular complexity index is 600. The number of hydrogen-bond donors (Lipinski definition) is 2. The van der Waals surface area contributed by atoms with Gasteiger partial charge in [0.1, 0.15) is 0 Å². The standard InChI is InChI=1S/C20H34N6O.HI/c1-2-22-20(23-10-6-12-25-14-11-21-16-25)24-18-9-13-26(15-18)19(27)17-7-4-3-5-8-17;/h11,14,16-18H,2-10,12-13,15H2,1H3,(H2,22,23,24);1H. The molecule has 2 N–H and O–H groups in total. The van der Waals surface area contributed by atoms with Crippen LogP contribution in [0, 0.1) is 5.92 Å². The Balaban J connectivity index is 0.00000280. The van der Waals surface area contributed by atoms with Gasteiger partial charge in [-0.25, -0.2) is 4.98 Å². The number of hydrogen-bond acceptors (Lipinski definition) is 3. The van der Waals surface area contributed by atoms with Crippen LogP contribution in [0.1, 0.15) is 51.9 Å². The number of aryl methyl sites for hydroxylation is 1. The summed E-state index contributed by atoms with van der Waals surface area (Å²) in [5, 5.41) is 6.85. The first-order valence-electron chi connectivity index (χ1n) is 10.6. The van der Waals surface area contributed by atoms with Crippen LogP contribution in [0.25, 0.3) is 0 Å². The number of aromatic nitrogens is 2. The van der Waals surface area contributed by atoms with Crippen LogP contribution >= 0.6 is 24.0 Å². The number of aliphatic imine (C=N–C) groups is 1. The number of nitrogens with one attached hydrogen (secondary N) is 2. The molecule has 0 bridgehead atoms. The monoisotopic (exact) mass is 502 g/mol. The number of rotatable bonds is 7. The highest BCUT2D eigenvalue weighted by Crippen LogP contribution is 2.26. The zero-order chi connectivity index (χ0) is 18.9. The van der Waals surface area contributed by atoms with Gasteiger partial charge in [0.25, 0.3) is 0 Å². The lowest BCUT2D eigenvalue weighted by molar-refractivity contribution is -0.135. The van der Waals surface area contributed by atoms with Crippen molar-refractivity contribution >= 4 is 35.8 Å². The van der Waals surface area contributed by atoms with Gasteiger partial charge >= 0.3 is 0 Å². The highest BCUT2D eigenvalue weighted by atomic mass is 127. The van der Waals surface area contributed by atoms with E-state index in [9.17, 15) is 4.79 Å². The molecule has 1 aromatic heterocycles. The number of imidazole rings is 1. The van der Waals surface area contributed by atoms with Crippen molar-refractivity contribution < 1.29 is 4.79 Å². The summed E-state index contributed by atoms with van der Waals surface area (Å²) in [5.74, 6) is 1.50. The van der Waals surface area contributed by atoms with E-state index in [-0.39, 0.29) is 29.9 Å². The number of guanidine groups is 1. The second-order valence-electron chi connectivity index (χ2n) is 7.66. The average Bonchev–Trinajstić information content (AvgIpc) is 3.37. The maximum Gasteiger partial charge on any atom is 0.225 e. The first kappa shape index (κ1) is 23.0. The maximum absolute atomic E-state index is 12.7. The Morgan fingerprint density at radius 3 is 2.79 bits per heavy atom. The van der Waals surface area contributed by atoms with E-state index in [1.807, 2.05) is 12.5 Å². The van der Waals surface area contributed by atoms with Gasteiger partial charge in [0.05, 0.1) is 6.33 Å². The van der Waals surface area contributed by atoms with Crippen molar-refractivity contribution in [3.63, 3.8) is 0 Å². The number of amides is 1. The zero-order valence-electron chi connectivity index (χ0n) is 17.0. The molecule has 1 saturated carbocycles. The molecule has 1 saturated heterocycles. The largest absolute Gasteiger partial charge is 0.357 e. The number of carbonyl (C=O) groups is 1.